The monoisotopic (exact) mass is 285 g/mol. The van der Waals surface area contributed by atoms with Gasteiger partial charge in [0.15, 0.2) is 0 Å². The number of rotatable bonds is 5. The quantitative estimate of drug-likeness (QED) is 0.917. The summed E-state index contributed by atoms with van der Waals surface area (Å²) < 4.78 is 7.81. The summed E-state index contributed by atoms with van der Waals surface area (Å²) in [5.41, 5.74) is 2.55. The Bertz CT molecular complexity index is 593. The molecular weight excluding hydrogens is 262 g/mol. The second kappa shape index (κ2) is 6.31. The van der Waals surface area contributed by atoms with Crippen molar-refractivity contribution in [2.45, 2.75) is 38.3 Å². The molecule has 4 heteroatoms. The number of para-hydroxylation sites is 1. The number of hydrogen-bond donors (Lipinski definition) is 1. The van der Waals surface area contributed by atoms with Gasteiger partial charge in [-0.3, -0.25) is 4.68 Å². The Morgan fingerprint density at radius 1 is 1.43 bits per heavy atom. The van der Waals surface area contributed by atoms with Crippen LogP contribution in [-0.2, 0) is 6.54 Å². The largest absolute Gasteiger partial charge is 0.493 e. The Hall–Kier alpha value is -1.81. The maximum atomic E-state index is 5.78. The lowest BCUT2D eigenvalue weighted by Crippen LogP contribution is -2.27. The highest BCUT2D eigenvalue weighted by atomic mass is 16.5. The van der Waals surface area contributed by atoms with Crippen molar-refractivity contribution in [3.63, 3.8) is 0 Å². The van der Waals surface area contributed by atoms with Crippen LogP contribution in [0.15, 0.2) is 36.7 Å². The van der Waals surface area contributed by atoms with Crippen LogP contribution in [-0.4, -0.2) is 23.4 Å². The minimum atomic E-state index is 0.278. The minimum Gasteiger partial charge on any atom is -0.493 e. The number of nitrogens with zero attached hydrogens (tertiary/aromatic N) is 2. The predicted octanol–water partition coefficient (Wildman–Crippen LogP) is 3.12. The highest BCUT2D eigenvalue weighted by Crippen LogP contribution is 2.40. The number of nitrogens with one attached hydrogen (secondary N) is 1. The second-order valence-corrected chi connectivity index (χ2v) is 5.58. The fourth-order valence-corrected chi connectivity index (χ4v) is 3.21. The predicted molar refractivity (Wildman–Crippen MR) is 83.6 cm³/mol. The zero-order valence-corrected chi connectivity index (χ0v) is 12.7. The summed E-state index contributed by atoms with van der Waals surface area (Å²) in [6.07, 6.45) is 6.30. The van der Waals surface area contributed by atoms with Gasteiger partial charge in [-0.05, 0) is 31.5 Å². The van der Waals surface area contributed by atoms with Gasteiger partial charge in [0.05, 0.1) is 12.8 Å². The Morgan fingerprint density at radius 2 is 2.29 bits per heavy atom. The number of aromatic nitrogens is 2. The van der Waals surface area contributed by atoms with E-state index in [9.17, 15) is 0 Å². The van der Waals surface area contributed by atoms with E-state index < -0.39 is 0 Å². The molecule has 1 aromatic carbocycles. The number of benzene rings is 1. The van der Waals surface area contributed by atoms with Gasteiger partial charge >= 0.3 is 0 Å². The Kier molecular flexibility index (Phi) is 4.25. The molecule has 1 N–H and O–H groups in total. The molecule has 3 rings (SSSR count). The van der Waals surface area contributed by atoms with Crippen LogP contribution in [0.2, 0.25) is 0 Å². The number of fused-ring (bicyclic) bond motifs is 1. The van der Waals surface area contributed by atoms with Crippen LogP contribution in [0.4, 0.5) is 0 Å². The molecule has 0 radical (unpaired) electrons. The summed E-state index contributed by atoms with van der Waals surface area (Å²) in [6, 6.07) is 8.65. The van der Waals surface area contributed by atoms with Gasteiger partial charge in [-0.2, -0.15) is 5.10 Å². The highest BCUT2D eigenvalue weighted by Gasteiger charge is 2.29. The molecular formula is C17H23N3O. The Labute approximate surface area is 126 Å². The smallest absolute Gasteiger partial charge is 0.122 e. The van der Waals surface area contributed by atoms with Gasteiger partial charge < -0.3 is 10.1 Å². The summed E-state index contributed by atoms with van der Waals surface area (Å²) in [5.74, 6) is 1.45. The van der Waals surface area contributed by atoms with E-state index in [1.54, 1.807) is 0 Å². The molecule has 0 bridgehead atoms. The minimum absolute atomic E-state index is 0.278. The van der Waals surface area contributed by atoms with Crippen molar-refractivity contribution in [2.75, 3.05) is 13.7 Å². The van der Waals surface area contributed by atoms with E-state index in [1.165, 1.54) is 11.1 Å². The fourth-order valence-electron chi connectivity index (χ4n) is 3.21. The maximum Gasteiger partial charge on any atom is 0.122 e. The average molecular weight is 285 g/mol. The van der Waals surface area contributed by atoms with Crippen molar-refractivity contribution in [2.24, 2.45) is 0 Å². The van der Waals surface area contributed by atoms with E-state index in [0.29, 0.717) is 5.92 Å². The third kappa shape index (κ3) is 2.81. The standard InChI is InChI=1S/C17H23N3O/c1-3-9-20-12-13(11-19-20)17(18-2)15-8-10-21-16-7-5-4-6-14(15)16/h4-7,11-12,15,17-18H,3,8-10H2,1-2H3. The van der Waals surface area contributed by atoms with Crippen LogP contribution in [0, 0.1) is 0 Å². The molecule has 0 aliphatic carbocycles. The molecule has 0 fully saturated rings. The van der Waals surface area contributed by atoms with Gasteiger partial charge in [0.2, 0.25) is 0 Å². The van der Waals surface area contributed by atoms with Gasteiger partial charge in [0.25, 0.3) is 0 Å². The number of aryl methyl sites for hydroxylation is 1. The van der Waals surface area contributed by atoms with E-state index in [4.69, 9.17) is 4.74 Å². The van der Waals surface area contributed by atoms with Crippen molar-refractivity contribution in [3.8, 4) is 5.75 Å². The molecule has 0 amide bonds. The number of ether oxygens (including phenoxy) is 1. The van der Waals surface area contributed by atoms with Gasteiger partial charge in [-0.15, -0.1) is 0 Å². The Morgan fingerprint density at radius 3 is 3.10 bits per heavy atom. The molecule has 2 aromatic rings. The fraction of sp³-hybridized carbons (Fsp3) is 0.471. The summed E-state index contributed by atoms with van der Waals surface area (Å²) in [4.78, 5) is 0. The lowest BCUT2D eigenvalue weighted by molar-refractivity contribution is 0.248. The zero-order valence-electron chi connectivity index (χ0n) is 12.7. The molecule has 2 atom stereocenters. The average Bonchev–Trinajstić information content (AvgIpc) is 2.97. The molecule has 0 saturated heterocycles. The van der Waals surface area contributed by atoms with Crippen molar-refractivity contribution in [1.29, 1.82) is 0 Å². The van der Waals surface area contributed by atoms with Crippen LogP contribution >= 0.6 is 0 Å². The zero-order chi connectivity index (χ0) is 14.7. The molecule has 1 aromatic heterocycles. The molecule has 2 heterocycles. The molecule has 0 spiro atoms. The van der Waals surface area contributed by atoms with E-state index in [1.807, 2.05) is 24.0 Å². The first-order valence-corrected chi connectivity index (χ1v) is 7.74. The first-order chi connectivity index (χ1) is 10.3. The van der Waals surface area contributed by atoms with Gasteiger partial charge in [0.1, 0.15) is 5.75 Å². The van der Waals surface area contributed by atoms with Crippen molar-refractivity contribution in [1.82, 2.24) is 15.1 Å². The summed E-state index contributed by atoms with van der Waals surface area (Å²) >= 11 is 0. The van der Waals surface area contributed by atoms with Crippen LogP contribution < -0.4 is 10.1 Å². The van der Waals surface area contributed by atoms with Crippen LogP contribution in [0.1, 0.15) is 42.9 Å². The van der Waals surface area contributed by atoms with E-state index >= 15 is 0 Å². The summed E-state index contributed by atoms with van der Waals surface area (Å²) in [5, 5.41) is 7.95. The van der Waals surface area contributed by atoms with Gasteiger partial charge in [-0.25, -0.2) is 0 Å². The van der Waals surface area contributed by atoms with E-state index in [0.717, 1.165) is 31.7 Å². The maximum absolute atomic E-state index is 5.78. The van der Waals surface area contributed by atoms with Crippen LogP contribution in [0.5, 0.6) is 5.75 Å². The Balaban J connectivity index is 1.89. The van der Waals surface area contributed by atoms with Crippen LogP contribution in [0.25, 0.3) is 0 Å². The van der Waals surface area contributed by atoms with E-state index in [-0.39, 0.29) is 6.04 Å². The molecule has 1 aliphatic heterocycles. The number of hydrogen-bond acceptors (Lipinski definition) is 3. The van der Waals surface area contributed by atoms with Crippen molar-refractivity contribution < 1.29 is 4.74 Å². The molecule has 0 saturated carbocycles. The highest BCUT2D eigenvalue weighted by molar-refractivity contribution is 5.39. The second-order valence-electron chi connectivity index (χ2n) is 5.58. The third-order valence-electron chi connectivity index (χ3n) is 4.18. The van der Waals surface area contributed by atoms with Crippen molar-refractivity contribution in [3.05, 3.63) is 47.8 Å². The van der Waals surface area contributed by atoms with Crippen LogP contribution in [0.3, 0.4) is 0 Å². The molecule has 21 heavy (non-hydrogen) atoms. The lowest BCUT2D eigenvalue weighted by atomic mass is 9.84. The topological polar surface area (TPSA) is 39.1 Å². The molecule has 1 aliphatic rings. The molecule has 112 valence electrons. The molecule has 2 unspecified atom stereocenters. The number of likely N-dealkylation sites (N-methyl/N-ethyl adjacent to an activating group) is 1. The summed E-state index contributed by atoms with van der Waals surface area (Å²) in [6.45, 7) is 3.93. The first kappa shape index (κ1) is 14.1. The van der Waals surface area contributed by atoms with Gasteiger partial charge in [-0.1, -0.05) is 25.1 Å². The molecule has 4 nitrogen and oxygen atoms in total. The SMILES string of the molecule is CCCn1cc(C(NC)C2CCOc3ccccc32)cn1. The summed E-state index contributed by atoms with van der Waals surface area (Å²) in [7, 11) is 2.03. The first-order valence-electron chi connectivity index (χ1n) is 7.74. The third-order valence-corrected chi connectivity index (χ3v) is 4.18. The van der Waals surface area contributed by atoms with Crippen molar-refractivity contribution >= 4 is 0 Å². The lowest BCUT2D eigenvalue weighted by Gasteiger charge is -2.31. The van der Waals surface area contributed by atoms with E-state index in [2.05, 4.69) is 41.7 Å². The normalized spacial score (nSPS) is 18.9. The van der Waals surface area contributed by atoms with Gasteiger partial charge in [0, 0.05) is 30.3 Å².